The van der Waals surface area contributed by atoms with Crippen molar-refractivity contribution in [2.24, 2.45) is 0 Å². The Balaban J connectivity index is 1.20. The van der Waals surface area contributed by atoms with E-state index in [0.29, 0.717) is 0 Å². The van der Waals surface area contributed by atoms with Crippen molar-refractivity contribution in [1.29, 1.82) is 0 Å². The van der Waals surface area contributed by atoms with Crippen molar-refractivity contribution < 1.29 is 0 Å². The molecule has 1 aliphatic heterocycles. The van der Waals surface area contributed by atoms with E-state index < -0.39 is 8.07 Å². The zero-order valence-electron chi connectivity index (χ0n) is 33.6. The minimum absolute atomic E-state index is 0.351. The van der Waals surface area contributed by atoms with Gasteiger partial charge in [-0.2, -0.15) is 0 Å². The molecule has 0 aliphatic carbocycles. The normalized spacial score (nSPS) is 13.3. The molecule has 7 aromatic carbocycles. The largest absolute Gasteiger partial charge is 0.309 e. The van der Waals surface area contributed by atoms with E-state index in [-0.39, 0.29) is 5.41 Å². The van der Waals surface area contributed by atoms with Crippen LogP contribution in [0.3, 0.4) is 0 Å². The molecule has 0 N–H and O–H groups in total. The summed E-state index contributed by atoms with van der Waals surface area (Å²) in [6.07, 6.45) is 3.81. The molecule has 10 aromatic rings. The van der Waals surface area contributed by atoms with E-state index in [4.69, 9.17) is 9.97 Å². The lowest BCUT2D eigenvalue weighted by molar-refractivity contribution is 0.634. The van der Waals surface area contributed by atoms with Crippen molar-refractivity contribution in [1.82, 2.24) is 14.5 Å². The molecule has 286 valence electrons. The highest BCUT2D eigenvalue weighted by Gasteiger charge is 2.44. The quantitative estimate of drug-likeness (QED) is 0.119. The Morgan fingerprint density at radius 1 is 0.467 bits per heavy atom. The van der Waals surface area contributed by atoms with Crippen LogP contribution in [0, 0.1) is 0 Å². The van der Waals surface area contributed by atoms with Crippen LogP contribution in [0.1, 0.15) is 25.0 Å². The molecular weight excluding hydrogens is 745 g/mol. The lowest BCUT2D eigenvalue weighted by Gasteiger charge is -2.42. The number of benzene rings is 7. The summed E-state index contributed by atoms with van der Waals surface area (Å²) in [6.45, 7) is 4.73. The molecule has 0 spiro atoms. The van der Waals surface area contributed by atoms with Crippen molar-refractivity contribution in [2.45, 2.75) is 19.3 Å². The maximum absolute atomic E-state index is 5.20. The number of para-hydroxylation sites is 2. The number of aromatic nitrogens is 3. The van der Waals surface area contributed by atoms with Gasteiger partial charge in [-0.1, -0.05) is 159 Å². The van der Waals surface area contributed by atoms with Gasteiger partial charge in [0.2, 0.25) is 0 Å². The third-order valence-corrected chi connectivity index (χ3v) is 17.3. The molecule has 4 heterocycles. The number of hydrogen-bond acceptors (Lipinski definition) is 3. The number of pyridine rings is 2. The van der Waals surface area contributed by atoms with Crippen molar-refractivity contribution in [3.05, 3.63) is 230 Å². The fraction of sp³-hybridized carbons (Fsp3) is 0.0545. The molecule has 0 amide bonds. The van der Waals surface area contributed by atoms with Crippen LogP contribution in [0.25, 0.3) is 38.8 Å². The molecule has 5 heteroatoms. The average Bonchev–Trinajstić information content (AvgIpc) is 3.65. The minimum atomic E-state index is -2.96. The van der Waals surface area contributed by atoms with Crippen LogP contribution in [0.5, 0.6) is 0 Å². The van der Waals surface area contributed by atoms with Crippen LogP contribution in [0.4, 0.5) is 17.2 Å². The van der Waals surface area contributed by atoms with Crippen molar-refractivity contribution in [3.63, 3.8) is 0 Å². The predicted molar refractivity (Wildman–Crippen MR) is 252 cm³/mol. The fourth-order valence-electron chi connectivity index (χ4n) is 10.00. The van der Waals surface area contributed by atoms with Crippen LogP contribution >= 0.6 is 0 Å². The minimum Gasteiger partial charge on any atom is -0.309 e. The zero-order chi connectivity index (χ0) is 40.3. The standard InChI is InChI=1S/C55H42N4Si/c1-55(2)47-30-18-36-57-54(47)59(51-34-33-50-52(53(51)55)46-29-12-13-32-49(46)58(50)40-20-6-3-7-21-40)41-22-17-28-45(38-41)60(42-23-8-4-9-24-42,43-25-10-5-11-26-43)44-27-16-19-39(37-44)48-31-14-15-35-56-48/h3-38H,1-2H3. The van der Waals surface area contributed by atoms with Crippen LogP contribution in [0.15, 0.2) is 219 Å². The number of anilines is 3. The topological polar surface area (TPSA) is 34.0 Å². The van der Waals surface area contributed by atoms with Gasteiger partial charge in [0.25, 0.3) is 0 Å². The third kappa shape index (κ3) is 5.43. The smallest absolute Gasteiger partial charge is 0.179 e. The third-order valence-electron chi connectivity index (χ3n) is 12.6. The van der Waals surface area contributed by atoms with Gasteiger partial charge in [-0.25, -0.2) is 4.98 Å². The van der Waals surface area contributed by atoms with Crippen molar-refractivity contribution in [2.75, 3.05) is 4.90 Å². The predicted octanol–water partition coefficient (Wildman–Crippen LogP) is 10.7. The van der Waals surface area contributed by atoms with Gasteiger partial charge in [-0.05, 0) is 87.0 Å². The lowest BCUT2D eigenvalue weighted by atomic mass is 9.73. The fourth-order valence-corrected chi connectivity index (χ4v) is 14.8. The molecule has 60 heavy (non-hydrogen) atoms. The summed E-state index contributed by atoms with van der Waals surface area (Å²) in [7, 11) is -2.96. The first-order chi connectivity index (χ1) is 29.5. The molecule has 0 atom stereocenters. The molecule has 1 aliphatic rings. The van der Waals surface area contributed by atoms with Crippen LogP contribution in [-0.4, -0.2) is 22.6 Å². The molecule has 3 aromatic heterocycles. The lowest BCUT2D eigenvalue weighted by Crippen LogP contribution is -2.74. The molecule has 11 rings (SSSR count). The van der Waals surface area contributed by atoms with E-state index >= 15 is 0 Å². The molecule has 0 bridgehead atoms. The van der Waals surface area contributed by atoms with Gasteiger partial charge in [0.05, 0.1) is 22.4 Å². The number of rotatable bonds is 7. The molecular formula is C55H42N4Si. The van der Waals surface area contributed by atoms with Gasteiger partial charge >= 0.3 is 0 Å². The number of hydrogen-bond donors (Lipinski definition) is 0. The van der Waals surface area contributed by atoms with Crippen LogP contribution in [0.2, 0.25) is 0 Å². The molecule has 0 radical (unpaired) electrons. The highest BCUT2D eigenvalue weighted by molar-refractivity contribution is 7.20. The van der Waals surface area contributed by atoms with Crippen molar-refractivity contribution >= 4 is 67.8 Å². The Labute approximate surface area is 351 Å². The maximum Gasteiger partial charge on any atom is 0.179 e. The summed E-state index contributed by atoms with van der Waals surface area (Å²) in [4.78, 5) is 12.4. The van der Waals surface area contributed by atoms with Gasteiger partial charge in [-0.3, -0.25) is 9.88 Å². The Hall–Kier alpha value is -7.34. The highest BCUT2D eigenvalue weighted by atomic mass is 28.3. The second-order valence-corrected chi connectivity index (χ2v) is 20.0. The summed E-state index contributed by atoms with van der Waals surface area (Å²) in [5, 5.41) is 7.75. The van der Waals surface area contributed by atoms with Gasteiger partial charge in [-0.15, -0.1) is 0 Å². The van der Waals surface area contributed by atoms with Gasteiger partial charge in [0, 0.05) is 51.1 Å². The first-order valence-corrected chi connectivity index (χ1v) is 22.7. The van der Waals surface area contributed by atoms with Crippen LogP contribution < -0.4 is 25.6 Å². The number of fused-ring (bicyclic) bond motifs is 6. The molecule has 4 nitrogen and oxygen atoms in total. The number of nitrogens with zero attached hydrogens (tertiary/aromatic N) is 4. The summed E-state index contributed by atoms with van der Waals surface area (Å²) in [5.74, 6) is 0.960. The molecule has 0 unspecified atom stereocenters. The molecule has 0 saturated heterocycles. The van der Waals surface area contributed by atoms with E-state index in [1.165, 1.54) is 53.7 Å². The van der Waals surface area contributed by atoms with Gasteiger partial charge < -0.3 is 4.57 Å². The first kappa shape index (κ1) is 35.8. The summed E-state index contributed by atoms with van der Waals surface area (Å²) < 4.78 is 2.42. The second-order valence-electron chi connectivity index (χ2n) is 16.2. The Kier molecular flexibility index (Phi) is 8.46. The Morgan fingerprint density at radius 2 is 1.08 bits per heavy atom. The van der Waals surface area contributed by atoms with E-state index in [1.54, 1.807) is 0 Å². The van der Waals surface area contributed by atoms with Crippen molar-refractivity contribution in [3.8, 4) is 16.9 Å². The summed E-state index contributed by atoms with van der Waals surface area (Å²) in [5.41, 5.74) is 10.0. The van der Waals surface area contributed by atoms with E-state index in [0.717, 1.165) is 34.1 Å². The van der Waals surface area contributed by atoms with Gasteiger partial charge in [0.1, 0.15) is 5.82 Å². The first-order valence-electron chi connectivity index (χ1n) is 20.7. The average molecular weight is 787 g/mol. The monoisotopic (exact) mass is 786 g/mol. The van der Waals surface area contributed by atoms with E-state index in [2.05, 4.69) is 224 Å². The van der Waals surface area contributed by atoms with Crippen LogP contribution in [-0.2, 0) is 5.41 Å². The maximum atomic E-state index is 5.20. The molecule has 0 fully saturated rings. The summed E-state index contributed by atoms with van der Waals surface area (Å²) >= 11 is 0. The second kappa shape index (κ2) is 14.2. The van der Waals surface area contributed by atoms with E-state index in [9.17, 15) is 0 Å². The van der Waals surface area contributed by atoms with E-state index in [1.807, 2.05) is 18.5 Å². The zero-order valence-corrected chi connectivity index (χ0v) is 34.6. The summed E-state index contributed by atoms with van der Waals surface area (Å²) in [6, 6.07) is 75.5. The SMILES string of the molecule is CC1(C)c2cccnc2N(c2cccc([Si](c3ccccc3)(c3ccccc3)c3cccc(-c4ccccn4)c3)c2)c2ccc3c(c21)c1ccccc1n3-c1ccccc1. The Bertz CT molecular complexity index is 3140. The Morgan fingerprint density at radius 3 is 1.82 bits per heavy atom. The van der Waals surface area contributed by atoms with Gasteiger partial charge in [0.15, 0.2) is 8.07 Å². The molecule has 0 saturated carbocycles. The highest BCUT2D eigenvalue weighted by Crippen LogP contribution is 2.54.